The van der Waals surface area contributed by atoms with E-state index in [1.54, 1.807) is 30.3 Å². The molecule has 0 spiro atoms. The number of sulfonamides is 1. The normalized spacial score (nSPS) is 11.4. The summed E-state index contributed by atoms with van der Waals surface area (Å²) in [5.74, 6) is 0.489. The summed E-state index contributed by atoms with van der Waals surface area (Å²) in [5, 5.41) is 0.454. The first kappa shape index (κ1) is 16.4. The first-order valence-electron chi connectivity index (χ1n) is 6.06. The predicted molar refractivity (Wildman–Crippen MR) is 88.1 cm³/mol. The number of alkyl halides is 1. The number of aryl methyl sites for hydroxylation is 1. The molecule has 0 amide bonds. The number of rotatable bonds is 5. The minimum atomic E-state index is -3.71. The molecule has 0 heterocycles. The number of anilines is 1. The van der Waals surface area contributed by atoms with Gasteiger partial charge in [0.15, 0.2) is 0 Å². The summed E-state index contributed by atoms with van der Waals surface area (Å²) < 4.78 is 27.0. The van der Waals surface area contributed by atoms with Crippen molar-refractivity contribution in [3.63, 3.8) is 0 Å². The Morgan fingerprint density at radius 3 is 2.29 bits per heavy atom. The van der Waals surface area contributed by atoms with Gasteiger partial charge in [0.25, 0.3) is 10.0 Å². The van der Waals surface area contributed by atoms with Crippen molar-refractivity contribution in [2.75, 3.05) is 10.6 Å². The molecular formula is C14H12Cl3NO2S. The summed E-state index contributed by atoms with van der Waals surface area (Å²) in [6, 6.07) is 11.3. The second kappa shape index (κ2) is 6.88. The molecule has 0 aromatic heterocycles. The predicted octanol–water partition coefficient (Wildman–Crippen LogP) is 4.58. The van der Waals surface area contributed by atoms with Gasteiger partial charge in [-0.15, -0.1) is 11.6 Å². The summed E-state index contributed by atoms with van der Waals surface area (Å²) >= 11 is 17.5. The Morgan fingerprint density at radius 2 is 1.67 bits per heavy atom. The SMILES string of the molecule is O=S(=O)(Nc1cccc(Cl)c1Cl)c1ccc(CCCl)cc1. The molecule has 0 aliphatic carbocycles. The minimum absolute atomic E-state index is 0.150. The molecule has 1 N–H and O–H groups in total. The van der Waals surface area contributed by atoms with Crippen LogP contribution in [0.4, 0.5) is 5.69 Å². The lowest BCUT2D eigenvalue weighted by molar-refractivity contribution is 0.601. The van der Waals surface area contributed by atoms with E-state index in [1.165, 1.54) is 12.1 Å². The van der Waals surface area contributed by atoms with Gasteiger partial charge in [0.2, 0.25) is 0 Å². The van der Waals surface area contributed by atoms with E-state index in [0.29, 0.717) is 12.3 Å². The number of hydrogen-bond acceptors (Lipinski definition) is 2. The van der Waals surface area contributed by atoms with Gasteiger partial charge < -0.3 is 0 Å². The molecule has 0 radical (unpaired) electrons. The molecular weight excluding hydrogens is 353 g/mol. The number of nitrogens with one attached hydrogen (secondary N) is 1. The zero-order chi connectivity index (χ0) is 15.5. The van der Waals surface area contributed by atoms with Crippen LogP contribution in [-0.4, -0.2) is 14.3 Å². The minimum Gasteiger partial charge on any atom is -0.278 e. The van der Waals surface area contributed by atoms with Crippen molar-refractivity contribution < 1.29 is 8.42 Å². The van der Waals surface area contributed by atoms with E-state index >= 15 is 0 Å². The summed E-state index contributed by atoms with van der Waals surface area (Å²) in [6.45, 7) is 0. The van der Waals surface area contributed by atoms with Crippen LogP contribution in [0.25, 0.3) is 0 Å². The van der Waals surface area contributed by atoms with E-state index in [4.69, 9.17) is 34.8 Å². The largest absolute Gasteiger partial charge is 0.278 e. The van der Waals surface area contributed by atoms with Crippen LogP contribution in [0.3, 0.4) is 0 Å². The molecule has 0 aliphatic rings. The molecule has 2 rings (SSSR count). The van der Waals surface area contributed by atoms with Gasteiger partial charge in [-0.05, 0) is 36.2 Å². The Labute approximate surface area is 138 Å². The lowest BCUT2D eigenvalue weighted by Crippen LogP contribution is -2.13. The van der Waals surface area contributed by atoms with Gasteiger partial charge in [0.1, 0.15) is 0 Å². The molecule has 3 nitrogen and oxygen atoms in total. The van der Waals surface area contributed by atoms with Crippen molar-refractivity contribution in [3.8, 4) is 0 Å². The Hall–Kier alpha value is -0.940. The van der Waals surface area contributed by atoms with Crippen LogP contribution in [0.2, 0.25) is 10.0 Å². The van der Waals surface area contributed by atoms with Crippen molar-refractivity contribution >= 4 is 50.5 Å². The fourth-order valence-corrected chi connectivity index (χ4v) is 3.42. The van der Waals surface area contributed by atoms with E-state index in [2.05, 4.69) is 4.72 Å². The third-order valence-corrected chi connectivity index (χ3v) is 5.20. The van der Waals surface area contributed by atoms with Crippen LogP contribution in [0.5, 0.6) is 0 Å². The molecule has 7 heteroatoms. The van der Waals surface area contributed by atoms with Crippen molar-refractivity contribution in [1.82, 2.24) is 0 Å². The van der Waals surface area contributed by atoms with Gasteiger partial charge in [0.05, 0.1) is 20.6 Å². The second-order valence-corrected chi connectivity index (χ2v) is 7.14. The van der Waals surface area contributed by atoms with Crippen molar-refractivity contribution in [3.05, 3.63) is 58.1 Å². The third-order valence-electron chi connectivity index (χ3n) is 2.81. The van der Waals surface area contributed by atoms with E-state index in [9.17, 15) is 8.42 Å². The second-order valence-electron chi connectivity index (χ2n) is 4.29. The Bertz CT molecular complexity index is 730. The number of benzene rings is 2. The average Bonchev–Trinajstić information content (AvgIpc) is 2.45. The fraction of sp³-hybridized carbons (Fsp3) is 0.143. The lowest BCUT2D eigenvalue weighted by atomic mass is 10.2. The van der Waals surface area contributed by atoms with E-state index < -0.39 is 10.0 Å². The van der Waals surface area contributed by atoms with Gasteiger partial charge >= 0.3 is 0 Å². The summed E-state index contributed by atoms with van der Waals surface area (Å²) in [7, 11) is -3.71. The van der Waals surface area contributed by atoms with Crippen LogP contribution < -0.4 is 4.72 Å². The molecule has 0 atom stereocenters. The molecule has 0 saturated carbocycles. The first-order chi connectivity index (χ1) is 9.94. The number of hydrogen-bond donors (Lipinski definition) is 1. The first-order valence-corrected chi connectivity index (χ1v) is 8.83. The van der Waals surface area contributed by atoms with Crippen LogP contribution >= 0.6 is 34.8 Å². The molecule has 0 saturated heterocycles. The highest BCUT2D eigenvalue weighted by Crippen LogP contribution is 2.31. The van der Waals surface area contributed by atoms with Gasteiger partial charge in [0, 0.05) is 5.88 Å². The van der Waals surface area contributed by atoms with Crippen molar-refractivity contribution in [2.45, 2.75) is 11.3 Å². The van der Waals surface area contributed by atoms with Gasteiger partial charge in [-0.3, -0.25) is 4.72 Å². The Kier molecular flexibility index (Phi) is 5.38. The summed E-state index contributed by atoms with van der Waals surface area (Å²) in [4.78, 5) is 0.150. The molecule has 0 bridgehead atoms. The topological polar surface area (TPSA) is 46.2 Å². The average molecular weight is 365 g/mol. The van der Waals surface area contributed by atoms with Gasteiger partial charge in [-0.2, -0.15) is 0 Å². The molecule has 0 fully saturated rings. The molecule has 21 heavy (non-hydrogen) atoms. The standard InChI is InChI=1S/C14H12Cl3NO2S/c15-9-8-10-4-6-11(7-5-10)21(19,20)18-13-3-1-2-12(16)14(13)17/h1-7,18H,8-9H2. The highest BCUT2D eigenvalue weighted by molar-refractivity contribution is 7.92. The van der Waals surface area contributed by atoms with Crippen LogP contribution in [-0.2, 0) is 16.4 Å². The quantitative estimate of drug-likeness (QED) is 0.790. The lowest BCUT2D eigenvalue weighted by Gasteiger charge is -2.10. The van der Waals surface area contributed by atoms with Gasteiger partial charge in [-0.25, -0.2) is 8.42 Å². The maximum atomic E-state index is 12.3. The van der Waals surface area contributed by atoms with Crippen molar-refractivity contribution in [1.29, 1.82) is 0 Å². The Morgan fingerprint density at radius 1 is 1.00 bits per heavy atom. The molecule has 0 aliphatic heterocycles. The van der Waals surface area contributed by atoms with Crippen LogP contribution in [0.15, 0.2) is 47.4 Å². The molecule has 2 aromatic carbocycles. The highest BCUT2D eigenvalue weighted by Gasteiger charge is 2.16. The molecule has 2 aromatic rings. The monoisotopic (exact) mass is 363 g/mol. The van der Waals surface area contributed by atoms with Crippen molar-refractivity contribution in [2.24, 2.45) is 0 Å². The Balaban J connectivity index is 2.27. The fourth-order valence-electron chi connectivity index (χ4n) is 1.73. The molecule has 0 unspecified atom stereocenters. The summed E-state index contributed by atoms with van der Waals surface area (Å²) in [5.41, 5.74) is 1.22. The van der Waals surface area contributed by atoms with E-state index in [1.807, 2.05) is 0 Å². The summed E-state index contributed by atoms with van der Waals surface area (Å²) in [6.07, 6.45) is 0.690. The van der Waals surface area contributed by atoms with Crippen LogP contribution in [0, 0.1) is 0 Å². The van der Waals surface area contributed by atoms with E-state index in [-0.39, 0.29) is 20.6 Å². The zero-order valence-corrected chi connectivity index (χ0v) is 13.9. The zero-order valence-electron chi connectivity index (χ0n) is 10.8. The highest BCUT2D eigenvalue weighted by atomic mass is 35.5. The third kappa shape index (κ3) is 4.04. The maximum Gasteiger partial charge on any atom is 0.261 e. The van der Waals surface area contributed by atoms with Gasteiger partial charge in [-0.1, -0.05) is 41.4 Å². The number of halogens is 3. The van der Waals surface area contributed by atoms with E-state index in [0.717, 1.165) is 5.56 Å². The smallest absolute Gasteiger partial charge is 0.261 e. The molecule has 112 valence electrons. The van der Waals surface area contributed by atoms with Crippen LogP contribution in [0.1, 0.15) is 5.56 Å². The maximum absolute atomic E-state index is 12.3.